The number of ketones is 2. The van der Waals surface area contributed by atoms with Crippen LogP contribution >= 0.6 is 0 Å². The molecular formula is C11H8K2O8S2. The summed E-state index contributed by atoms with van der Waals surface area (Å²) < 4.78 is 66.9. The monoisotopic (exact) mass is 410 g/mol. The zero-order chi connectivity index (χ0) is 16.2. The largest absolute Gasteiger partial charge is 1.00 e. The maximum absolute atomic E-state index is 12.1. The molecule has 0 aromatic heterocycles. The van der Waals surface area contributed by atoms with E-state index < -0.39 is 42.3 Å². The molecule has 1 aliphatic carbocycles. The van der Waals surface area contributed by atoms with Gasteiger partial charge in [0.25, 0.3) is 0 Å². The van der Waals surface area contributed by atoms with Crippen molar-refractivity contribution in [1.29, 1.82) is 0 Å². The Bertz CT molecular complexity index is 860. The van der Waals surface area contributed by atoms with Crippen molar-refractivity contribution >= 4 is 31.8 Å². The summed E-state index contributed by atoms with van der Waals surface area (Å²) in [5.74, 6) is -2.71. The number of hydrogen-bond donors (Lipinski definition) is 0. The standard InChI is InChI=1S/C11H10O8S2.2K/c1-5-2-3-6-7(4-5)9(13)11(21(17,18)19)10(8(6)12)20(14,15)16;;/h2-4,10-11H,1H3,(H,14,15,16)(H,17,18,19);;/q;2*+1/p-2. The molecule has 23 heavy (non-hydrogen) atoms. The number of carbonyl (C=O) groups is 2. The van der Waals surface area contributed by atoms with Gasteiger partial charge in [0, 0.05) is 11.1 Å². The Morgan fingerprint density at radius 2 is 1.22 bits per heavy atom. The molecular weight excluding hydrogens is 402 g/mol. The van der Waals surface area contributed by atoms with Crippen LogP contribution in [0, 0.1) is 6.92 Å². The Hall–Kier alpha value is 1.65. The fourth-order valence-electron chi connectivity index (χ4n) is 2.22. The summed E-state index contributed by atoms with van der Waals surface area (Å²) in [5, 5.41) is -5.50. The van der Waals surface area contributed by atoms with E-state index in [0.717, 1.165) is 6.07 Å². The predicted octanol–water partition coefficient (Wildman–Crippen LogP) is -6.79. The van der Waals surface area contributed by atoms with Crippen LogP contribution in [0.25, 0.3) is 0 Å². The topological polar surface area (TPSA) is 149 Å². The maximum atomic E-state index is 12.1. The number of carbonyl (C=O) groups excluding carboxylic acids is 2. The molecule has 12 heteroatoms. The molecule has 2 unspecified atom stereocenters. The van der Waals surface area contributed by atoms with E-state index in [1.165, 1.54) is 12.1 Å². The van der Waals surface area contributed by atoms with Crippen molar-refractivity contribution in [2.75, 3.05) is 0 Å². The van der Waals surface area contributed by atoms with Gasteiger partial charge in [-0.05, 0) is 13.0 Å². The first kappa shape index (κ1) is 24.7. The summed E-state index contributed by atoms with van der Waals surface area (Å²) in [6.07, 6.45) is 0. The van der Waals surface area contributed by atoms with Crippen LogP contribution in [-0.2, 0) is 20.2 Å². The first-order valence-electron chi connectivity index (χ1n) is 5.53. The Morgan fingerprint density at radius 3 is 1.61 bits per heavy atom. The Morgan fingerprint density at radius 1 is 0.826 bits per heavy atom. The van der Waals surface area contributed by atoms with Gasteiger partial charge in [0.05, 0.1) is 0 Å². The van der Waals surface area contributed by atoms with E-state index in [0.29, 0.717) is 5.56 Å². The van der Waals surface area contributed by atoms with E-state index in [1.807, 2.05) is 0 Å². The van der Waals surface area contributed by atoms with E-state index in [2.05, 4.69) is 0 Å². The smallest absolute Gasteiger partial charge is 0.747 e. The third kappa shape index (κ3) is 5.10. The van der Waals surface area contributed by atoms with Gasteiger partial charge in [0.15, 0.2) is 11.6 Å². The molecule has 0 N–H and O–H groups in total. The van der Waals surface area contributed by atoms with Gasteiger partial charge in [-0.3, -0.25) is 9.59 Å². The van der Waals surface area contributed by atoms with Crippen molar-refractivity contribution in [3.63, 3.8) is 0 Å². The summed E-state index contributed by atoms with van der Waals surface area (Å²) in [6.45, 7) is 1.55. The van der Waals surface area contributed by atoms with Gasteiger partial charge in [-0.15, -0.1) is 0 Å². The molecule has 0 aliphatic heterocycles. The second-order valence-electron chi connectivity index (χ2n) is 4.60. The molecule has 0 bridgehead atoms. The van der Waals surface area contributed by atoms with Gasteiger partial charge >= 0.3 is 103 Å². The first-order valence-corrected chi connectivity index (χ1v) is 8.47. The van der Waals surface area contributed by atoms with Crippen LogP contribution in [0.1, 0.15) is 26.3 Å². The second-order valence-corrected chi connectivity index (χ2v) is 7.59. The summed E-state index contributed by atoms with van der Waals surface area (Å²) in [5.41, 5.74) is -0.250. The van der Waals surface area contributed by atoms with Crippen molar-refractivity contribution in [2.24, 2.45) is 0 Å². The van der Waals surface area contributed by atoms with Gasteiger partial charge in [-0.1, -0.05) is 17.7 Å². The quantitative estimate of drug-likeness (QED) is 0.345. The van der Waals surface area contributed by atoms with E-state index >= 15 is 0 Å². The van der Waals surface area contributed by atoms with E-state index in [4.69, 9.17) is 0 Å². The molecule has 1 aromatic carbocycles. The van der Waals surface area contributed by atoms with E-state index in [9.17, 15) is 35.5 Å². The summed E-state index contributed by atoms with van der Waals surface area (Å²) in [6, 6.07) is 3.68. The van der Waals surface area contributed by atoms with Crippen LogP contribution in [0.3, 0.4) is 0 Å². The number of fused-ring (bicyclic) bond motifs is 1. The van der Waals surface area contributed by atoms with Gasteiger partial charge in [0.2, 0.25) is 0 Å². The van der Waals surface area contributed by atoms with Crippen LogP contribution in [0.2, 0.25) is 0 Å². The molecule has 8 nitrogen and oxygen atoms in total. The second kappa shape index (κ2) is 8.56. The van der Waals surface area contributed by atoms with Crippen molar-refractivity contribution in [1.82, 2.24) is 0 Å². The summed E-state index contributed by atoms with van der Waals surface area (Å²) in [4.78, 5) is 24.1. The Kier molecular flexibility index (Phi) is 9.18. The van der Waals surface area contributed by atoms with Crippen LogP contribution < -0.4 is 103 Å². The number of aryl methyl sites for hydroxylation is 1. The number of benzene rings is 1. The normalized spacial score (nSPS) is 21.0. The minimum atomic E-state index is -5.50. The molecule has 0 fully saturated rings. The molecule has 114 valence electrons. The molecule has 0 radical (unpaired) electrons. The van der Waals surface area contributed by atoms with Gasteiger partial charge in [-0.25, -0.2) is 16.8 Å². The number of Topliss-reactive ketones (excluding diaryl/α,β-unsaturated/α-hetero) is 2. The van der Waals surface area contributed by atoms with E-state index in [1.54, 1.807) is 6.92 Å². The fraction of sp³-hybridized carbons (Fsp3) is 0.273. The number of rotatable bonds is 2. The molecule has 2 atom stereocenters. The van der Waals surface area contributed by atoms with Gasteiger partial charge in [-0.2, -0.15) is 0 Å². The van der Waals surface area contributed by atoms with Crippen LogP contribution in [-0.4, -0.2) is 48.0 Å². The van der Waals surface area contributed by atoms with Crippen LogP contribution in [0.15, 0.2) is 18.2 Å². The minimum absolute atomic E-state index is 0. The average Bonchev–Trinajstić information content (AvgIpc) is 2.30. The summed E-state index contributed by atoms with van der Waals surface area (Å²) >= 11 is 0. The van der Waals surface area contributed by atoms with Crippen molar-refractivity contribution in [2.45, 2.75) is 17.4 Å². The number of hydrogen-bond acceptors (Lipinski definition) is 8. The molecule has 0 saturated carbocycles. The average molecular weight is 411 g/mol. The molecule has 0 heterocycles. The molecule has 0 spiro atoms. The van der Waals surface area contributed by atoms with Crippen LogP contribution in [0.5, 0.6) is 0 Å². The van der Waals surface area contributed by atoms with E-state index in [-0.39, 0.29) is 114 Å². The fourth-order valence-corrected chi connectivity index (χ4v) is 4.67. The van der Waals surface area contributed by atoms with Gasteiger partial charge in [0.1, 0.15) is 30.7 Å². The molecule has 1 aliphatic rings. The maximum Gasteiger partial charge on any atom is 1.00 e. The van der Waals surface area contributed by atoms with Crippen LogP contribution in [0.4, 0.5) is 0 Å². The third-order valence-corrected chi connectivity index (χ3v) is 5.51. The molecule has 0 amide bonds. The molecule has 0 saturated heterocycles. The molecule has 1 aromatic rings. The predicted molar refractivity (Wildman–Crippen MR) is 66.8 cm³/mol. The van der Waals surface area contributed by atoms with Gasteiger partial charge < -0.3 is 9.11 Å². The first-order chi connectivity index (χ1) is 9.44. The zero-order valence-electron chi connectivity index (χ0n) is 12.5. The Balaban J connectivity index is 0.00000242. The van der Waals surface area contributed by atoms with Crippen molar-refractivity contribution < 1.29 is 138 Å². The summed E-state index contributed by atoms with van der Waals surface area (Å²) in [7, 11) is -11.0. The zero-order valence-corrected chi connectivity index (χ0v) is 20.3. The Labute approximate surface area is 218 Å². The van der Waals surface area contributed by atoms with Crippen molar-refractivity contribution in [3.8, 4) is 0 Å². The minimum Gasteiger partial charge on any atom is -0.747 e. The molecule has 2 rings (SSSR count). The third-order valence-electron chi connectivity index (χ3n) is 3.12. The SMILES string of the molecule is Cc1ccc2c(c1)C(=O)C(S(=O)(=O)[O-])C(S(=O)(=O)[O-])C2=O.[K+].[K+]. The van der Waals surface area contributed by atoms with Crippen molar-refractivity contribution in [3.05, 3.63) is 34.9 Å².